The van der Waals surface area contributed by atoms with Crippen molar-refractivity contribution >= 4 is 27.3 Å². The zero-order valence-electron chi connectivity index (χ0n) is 10.8. The van der Waals surface area contributed by atoms with Crippen molar-refractivity contribution in [3.63, 3.8) is 0 Å². The molecule has 2 N–H and O–H groups in total. The van der Waals surface area contributed by atoms with Gasteiger partial charge in [-0.2, -0.15) is 0 Å². The molecule has 104 valence electrons. The van der Waals surface area contributed by atoms with Crippen LogP contribution in [0.4, 0.5) is 11.4 Å². The predicted molar refractivity (Wildman–Crippen MR) is 81.0 cm³/mol. The molecule has 0 aromatic heterocycles. The number of halogens is 1. The zero-order chi connectivity index (χ0) is 14.7. The second-order valence-corrected chi connectivity index (χ2v) is 5.21. The lowest BCUT2D eigenvalue weighted by Crippen LogP contribution is -2.02. The van der Waals surface area contributed by atoms with E-state index in [0.29, 0.717) is 22.3 Å². The summed E-state index contributed by atoms with van der Waals surface area (Å²) in [5.41, 5.74) is 2.34. The van der Waals surface area contributed by atoms with Gasteiger partial charge in [0.2, 0.25) is 0 Å². The highest BCUT2D eigenvalue weighted by Crippen LogP contribution is 2.29. The molecule has 0 fully saturated rings. The van der Waals surface area contributed by atoms with Crippen LogP contribution in [0.3, 0.4) is 0 Å². The first-order valence-electron chi connectivity index (χ1n) is 5.94. The summed E-state index contributed by atoms with van der Waals surface area (Å²) in [7, 11) is 0. The van der Waals surface area contributed by atoms with E-state index < -0.39 is 4.92 Å². The number of aromatic hydroxyl groups is 1. The van der Waals surface area contributed by atoms with E-state index in [1.54, 1.807) is 18.2 Å². The van der Waals surface area contributed by atoms with Crippen molar-refractivity contribution in [3.05, 3.63) is 62.1 Å². The van der Waals surface area contributed by atoms with Crippen molar-refractivity contribution in [1.82, 2.24) is 0 Å². The highest BCUT2D eigenvalue weighted by molar-refractivity contribution is 9.10. The van der Waals surface area contributed by atoms with Gasteiger partial charge >= 0.3 is 0 Å². The first-order valence-corrected chi connectivity index (χ1v) is 6.73. The average molecular weight is 337 g/mol. The molecule has 0 saturated heterocycles. The van der Waals surface area contributed by atoms with Crippen LogP contribution in [0.25, 0.3) is 0 Å². The molecule has 5 nitrogen and oxygen atoms in total. The number of anilines is 1. The van der Waals surface area contributed by atoms with Crippen molar-refractivity contribution in [2.75, 3.05) is 5.32 Å². The molecule has 20 heavy (non-hydrogen) atoms. The third-order valence-electron chi connectivity index (χ3n) is 2.97. The second-order valence-electron chi connectivity index (χ2n) is 4.36. The van der Waals surface area contributed by atoms with Crippen molar-refractivity contribution in [3.8, 4) is 5.75 Å². The van der Waals surface area contributed by atoms with Gasteiger partial charge in [-0.3, -0.25) is 10.1 Å². The number of non-ortho nitro benzene ring substituents is 1. The fourth-order valence-corrected chi connectivity index (χ4v) is 2.21. The number of nitrogens with zero attached hydrogens (tertiary/aromatic N) is 1. The molecular weight excluding hydrogens is 324 g/mol. The van der Waals surface area contributed by atoms with Gasteiger partial charge in [0.05, 0.1) is 9.40 Å². The Labute approximate surface area is 124 Å². The lowest BCUT2D eigenvalue weighted by Gasteiger charge is -2.11. The highest BCUT2D eigenvalue weighted by Gasteiger charge is 2.09. The smallest absolute Gasteiger partial charge is 0.271 e. The van der Waals surface area contributed by atoms with Crippen LogP contribution in [-0.4, -0.2) is 10.0 Å². The summed E-state index contributed by atoms with van der Waals surface area (Å²) < 4.78 is 0.618. The highest BCUT2D eigenvalue weighted by atomic mass is 79.9. The standard InChI is InChI=1S/C14H13BrN2O3/c1-9-5-6-11(17(19)20)7-13(9)16-8-10-3-2-4-12(15)14(10)18/h2-7,16,18H,8H2,1H3. The summed E-state index contributed by atoms with van der Waals surface area (Å²) in [6, 6.07) is 10.0. The maximum atomic E-state index is 10.8. The van der Waals surface area contributed by atoms with Gasteiger partial charge in [0.1, 0.15) is 5.75 Å². The Bertz CT molecular complexity index is 659. The number of nitrogens with one attached hydrogen (secondary N) is 1. The molecule has 2 aromatic rings. The third-order valence-corrected chi connectivity index (χ3v) is 3.61. The number of hydrogen-bond acceptors (Lipinski definition) is 4. The molecule has 0 unspecified atom stereocenters. The first kappa shape index (κ1) is 14.3. The Balaban J connectivity index is 2.20. The second kappa shape index (κ2) is 5.92. The van der Waals surface area contributed by atoms with Gasteiger partial charge in [-0.25, -0.2) is 0 Å². The van der Waals surface area contributed by atoms with Gasteiger partial charge < -0.3 is 10.4 Å². The van der Waals surface area contributed by atoms with Gasteiger partial charge in [-0.1, -0.05) is 18.2 Å². The Morgan fingerprint density at radius 3 is 2.80 bits per heavy atom. The molecule has 0 aliphatic heterocycles. The van der Waals surface area contributed by atoms with Crippen LogP contribution in [0.1, 0.15) is 11.1 Å². The molecule has 0 atom stereocenters. The third kappa shape index (κ3) is 3.08. The minimum Gasteiger partial charge on any atom is -0.506 e. The SMILES string of the molecule is Cc1ccc([N+](=O)[O-])cc1NCc1cccc(Br)c1O. The van der Waals surface area contributed by atoms with E-state index >= 15 is 0 Å². The summed E-state index contributed by atoms with van der Waals surface area (Å²) in [5.74, 6) is 0.170. The first-order chi connectivity index (χ1) is 9.49. The number of para-hydroxylation sites is 1. The lowest BCUT2D eigenvalue weighted by molar-refractivity contribution is -0.384. The summed E-state index contributed by atoms with van der Waals surface area (Å²) in [6.45, 7) is 2.25. The number of nitro benzene ring substituents is 1. The van der Waals surface area contributed by atoms with Crippen molar-refractivity contribution < 1.29 is 10.0 Å². The van der Waals surface area contributed by atoms with E-state index in [0.717, 1.165) is 5.56 Å². The van der Waals surface area contributed by atoms with Crippen LogP contribution >= 0.6 is 15.9 Å². The molecule has 0 spiro atoms. The van der Waals surface area contributed by atoms with Crippen LogP contribution in [0.2, 0.25) is 0 Å². The van der Waals surface area contributed by atoms with Crippen LogP contribution < -0.4 is 5.32 Å². The number of benzene rings is 2. The van der Waals surface area contributed by atoms with Gasteiger partial charge in [0.15, 0.2) is 0 Å². The van der Waals surface area contributed by atoms with Crippen molar-refractivity contribution in [2.45, 2.75) is 13.5 Å². The Kier molecular flexibility index (Phi) is 4.24. The fourth-order valence-electron chi connectivity index (χ4n) is 1.81. The van der Waals surface area contributed by atoms with E-state index in [9.17, 15) is 15.2 Å². The summed E-state index contributed by atoms with van der Waals surface area (Å²) in [6.07, 6.45) is 0. The Hall–Kier alpha value is -2.08. The molecule has 0 bridgehead atoms. The molecule has 0 heterocycles. The number of phenolic OH excluding ortho intramolecular Hbond substituents is 1. The van der Waals surface area contributed by atoms with Gasteiger partial charge in [0.25, 0.3) is 5.69 Å². The van der Waals surface area contributed by atoms with Gasteiger partial charge in [-0.05, 0) is 34.5 Å². The molecule has 0 saturated carbocycles. The summed E-state index contributed by atoms with van der Waals surface area (Å²) in [4.78, 5) is 10.3. The normalized spacial score (nSPS) is 10.3. The number of phenols is 1. The van der Waals surface area contributed by atoms with Gasteiger partial charge in [-0.15, -0.1) is 0 Å². The predicted octanol–water partition coefficient (Wildman–Crippen LogP) is 3.98. The molecule has 0 radical (unpaired) electrons. The molecule has 2 rings (SSSR count). The van der Waals surface area contributed by atoms with Crippen LogP contribution in [0.5, 0.6) is 5.75 Å². The van der Waals surface area contributed by atoms with Crippen molar-refractivity contribution in [2.24, 2.45) is 0 Å². The molecule has 0 amide bonds. The van der Waals surface area contributed by atoms with E-state index in [1.165, 1.54) is 12.1 Å². The molecular formula is C14H13BrN2O3. The largest absolute Gasteiger partial charge is 0.506 e. The maximum absolute atomic E-state index is 10.8. The van der Waals surface area contributed by atoms with E-state index in [2.05, 4.69) is 21.2 Å². The van der Waals surface area contributed by atoms with E-state index in [1.807, 2.05) is 13.0 Å². The zero-order valence-corrected chi connectivity index (χ0v) is 12.3. The monoisotopic (exact) mass is 336 g/mol. The number of nitro groups is 1. The number of aryl methyl sites for hydroxylation is 1. The van der Waals surface area contributed by atoms with Gasteiger partial charge in [0, 0.05) is 29.9 Å². The topological polar surface area (TPSA) is 75.4 Å². The maximum Gasteiger partial charge on any atom is 0.271 e. The van der Waals surface area contributed by atoms with E-state index in [-0.39, 0.29) is 11.4 Å². The molecule has 2 aromatic carbocycles. The quantitative estimate of drug-likeness (QED) is 0.654. The molecule has 0 aliphatic rings. The molecule has 0 aliphatic carbocycles. The number of hydrogen-bond donors (Lipinski definition) is 2. The van der Waals surface area contributed by atoms with Crippen LogP contribution in [0.15, 0.2) is 40.9 Å². The number of rotatable bonds is 4. The van der Waals surface area contributed by atoms with Crippen LogP contribution in [-0.2, 0) is 6.54 Å². The summed E-state index contributed by atoms with van der Waals surface area (Å²) >= 11 is 3.25. The lowest BCUT2D eigenvalue weighted by atomic mass is 10.1. The molecule has 6 heteroatoms. The van der Waals surface area contributed by atoms with Crippen molar-refractivity contribution in [1.29, 1.82) is 0 Å². The fraction of sp³-hybridized carbons (Fsp3) is 0.143. The Morgan fingerprint density at radius 2 is 2.10 bits per heavy atom. The van der Waals surface area contributed by atoms with E-state index in [4.69, 9.17) is 0 Å². The Morgan fingerprint density at radius 1 is 1.35 bits per heavy atom. The average Bonchev–Trinajstić information content (AvgIpc) is 2.41. The summed E-state index contributed by atoms with van der Waals surface area (Å²) in [5, 5.41) is 23.8. The minimum atomic E-state index is -0.429. The minimum absolute atomic E-state index is 0.0385. The van der Waals surface area contributed by atoms with Crippen LogP contribution in [0, 0.1) is 17.0 Å².